The van der Waals surface area contributed by atoms with Crippen LogP contribution in [0.1, 0.15) is 44.9 Å². The quantitative estimate of drug-likeness (QED) is 0.602. The second-order valence-electron chi connectivity index (χ2n) is 5.72. The summed E-state index contributed by atoms with van der Waals surface area (Å²) in [5.74, 6) is -0.162. The summed E-state index contributed by atoms with van der Waals surface area (Å²) in [6, 6.07) is 0. The lowest BCUT2D eigenvalue weighted by Gasteiger charge is -2.44. The highest BCUT2D eigenvalue weighted by Crippen LogP contribution is 2.50. The van der Waals surface area contributed by atoms with Gasteiger partial charge in [-0.3, -0.25) is 9.59 Å². The van der Waals surface area contributed by atoms with E-state index in [-0.39, 0.29) is 23.4 Å². The van der Waals surface area contributed by atoms with Gasteiger partial charge in [-0.25, -0.2) is 0 Å². The molecule has 0 aromatic heterocycles. The van der Waals surface area contributed by atoms with Gasteiger partial charge >= 0.3 is 0 Å². The molecule has 4 nitrogen and oxygen atoms in total. The van der Waals surface area contributed by atoms with E-state index < -0.39 is 5.79 Å². The van der Waals surface area contributed by atoms with Crippen LogP contribution in [-0.2, 0) is 19.1 Å². The van der Waals surface area contributed by atoms with Crippen LogP contribution in [0.25, 0.3) is 0 Å². The van der Waals surface area contributed by atoms with Crippen LogP contribution < -0.4 is 0 Å². The first-order valence-corrected chi connectivity index (χ1v) is 6.43. The fourth-order valence-electron chi connectivity index (χ4n) is 3.54. The number of ether oxygens (including phenoxy) is 2. The Balaban J connectivity index is 1.70. The molecule has 3 rings (SSSR count). The van der Waals surface area contributed by atoms with E-state index in [1.165, 1.54) is 0 Å². The fraction of sp³-hybridized carbons (Fsp3) is 0.846. The van der Waals surface area contributed by atoms with Crippen molar-refractivity contribution < 1.29 is 19.1 Å². The zero-order chi connectivity index (χ0) is 11.9. The molecule has 2 aliphatic carbocycles. The molecule has 4 heteroatoms. The van der Waals surface area contributed by atoms with Crippen LogP contribution >= 0.6 is 0 Å². The van der Waals surface area contributed by atoms with Gasteiger partial charge in [-0.05, 0) is 18.3 Å². The molecule has 0 aromatic carbocycles. The van der Waals surface area contributed by atoms with E-state index >= 15 is 0 Å². The lowest BCUT2D eigenvalue weighted by atomic mass is 9.63. The first-order valence-electron chi connectivity index (χ1n) is 6.43. The predicted molar refractivity (Wildman–Crippen MR) is 59.4 cm³/mol. The van der Waals surface area contributed by atoms with E-state index in [1.807, 2.05) is 0 Å². The predicted octanol–water partition coefficient (Wildman–Crippen LogP) is 1.61. The largest absolute Gasteiger partial charge is 0.348 e. The molecule has 94 valence electrons. The molecule has 2 saturated carbocycles. The van der Waals surface area contributed by atoms with E-state index in [1.54, 1.807) is 0 Å². The van der Waals surface area contributed by atoms with Crippen LogP contribution in [0.2, 0.25) is 0 Å². The third-order valence-corrected chi connectivity index (χ3v) is 4.42. The molecule has 0 amide bonds. The maximum atomic E-state index is 11.6. The molecular weight excluding hydrogens is 220 g/mol. The summed E-state index contributed by atoms with van der Waals surface area (Å²) < 4.78 is 11.4. The molecule has 2 spiro atoms. The van der Waals surface area contributed by atoms with Gasteiger partial charge in [0.05, 0.1) is 19.6 Å². The summed E-state index contributed by atoms with van der Waals surface area (Å²) in [7, 11) is 0. The average Bonchev–Trinajstić information content (AvgIpc) is 2.71. The van der Waals surface area contributed by atoms with Gasteiger partial charge in [0.15, 0.2) is 5.79 Å². The number of Topliss-reactive ketones (excluding diaryl/α,β-unsaturated/α-hetero) is 2. The molecular formula is C13H18O4. The first-order chi connectivity index (χ1) is 8.12. The van der Waals surface area contributed by atoms with Crippen molar-refractivity contribution in [2.45, 2.75) is 50.7 Å². The van der Waals surface area contributed by atoms with Gasteiger partial charge in [0.1, 0.15) is 11.6 Å². The fourth-order valence-corrected chi connectivity index (χ4v) is 3.54. The third kappa shape index (κ3) is 2.04. The molecule has 3 fully saturated rings. The number of ketones is 2. The van der Waals surface area contributed by atoms with Gasteiger partial charge in [-0.2, -0.15) is 0 Å². The molecule has 0 unspecified atom stereocenters. The Morgan fingerprint density at radius 3 is 1.88 bits per heavy atom. The first kappa shape index (κ1) is 11.4. The van der Waals surface area contributed by atoms with Crippen molar-refractivity contribution >= 4 is 11.6 Å². The second kappa shape index (κ2) is 3.89. The number of hydrogen-bond acceptors (Lipinski definition) is 4. The van der Waals surface area contributed by atoms with Crippen molar-refractivity contribution in [3.63, 3.8) is 0 Å². The molecule has 1 aliphatic heterocycles. The highest BCUT2D eigenvalue weighted by atomic mass is 16.7. The number of carbonyl (C=O) groups is 2. The lowest BCUT2D eigenvalue weighted by Crippen LogP contribution is -2.43. The summed E-state index contributed by atoms with van der Waals surface area (Å²) in [5, 5.41) is 0. The SMILES string of the molecule is O=C1CC(=O)CC2(CCC3(CC2)OCCO3)C1. The molecule has 17 heavy (non-hydrogen) atoms. The Morgan fingerprint density at radius 1 is 0.824 bits per heavy atom. The van der Waals surface area contributed by atoms with Gasteiger partial charge < -0.3 is 9.47 Å². The van der Waals surface area contributed by atoms with Crippen molar-refractivity contribution in [1.82, 2.24) is 0 Å². The molecule has 0 bridgehead atoms. The van der Waals surface area contributed by atoms with Crippen LogP contribution in [-0.4, -0.2) is 30.6 Å². The number of carbonyl (C=O) groups excluding carboxylic acids is 2. The lowest BCUT2D eigenvalue weighted by molar-refractivity contribution is -0.194. The molecule has 0 aromatic rings. The molecule has 0 radical (unpaired) electrons. The van der Waals surface area contributed by atoms with E-state index in [9.17, 15) is 9.59 Å². The summed E-state index contributed by atoms with van der Waals surface area (Å²) in [5.41, 5.74) is -0.0764. The minimum Gasteiger partial charge on any atom is -0.348 e. The van der Waals surface area contributed by atoms with E-state index in [2.05, 4.69) is 0 Å². The van der Waals surface area contributed by atoms with Crippen LogP contribution in [0.3, 0.4) is 0 Å². The number of rotatable bonds is 0. The summed E-state index contributed by atoms with van der Waals surface area (Å²) >= 11 is 0. The Morgan fingerprint density at radius 2 is 1.35 bits per heavy atom. The van der Waals surface area contributed by atoms with Crippen molar-refractivity contribution in [2.75, 3.05) is 13.2 Å². The minimum absolute atomic E-state index is 0.0764. The molecule has 1 heterocycles. The Hall–Kier alpha value is -0.740. The van der Waals surface area contributed by atoms with Crippen LogP contribution in [0, 0.1) is 5.41 Å². The topological polar surface area (TPSA) is 52.6 Å². The van der Waals surface area contributed by atoms with Gasteiger partial charge in [-0.1, -0.05) is 0 Å². The van der Waals surface area contributed by atoms with Gasteiger partial charge in [0.2, 0.25) is 0 Å². The summed E-state index contributed by atoms with van der Waals surface area (Å²) in [6.45, 7) is 1.34. The zero-order valence-electron chi connectivity index (χ0n) is 10.00. The highest BCUT2D eigenvalue weighted by molar-refractivity contribution is 6.02. The third-order valence-electron chi connectivity index (χ3n) is 4.42. The molecule has 0 atom stereocenters. The second-order valence-corrected chi connectivity index (χ2v) is 5.72. The van der Waals surface area contributed by atoms with Crippen LogP contribution in [0.4, 0.5) is 0 Å². The molecule has 1 saturated heterocycles. The monoisotopic (exact) mass is 238 g/mol. The molecule has 3 aliphatic rings. The maximum Gasteiger partial charge on any atom is 0.168 e. The minimum atomic E-state index is -0.394. The zero-order valence-corrected chi connectivity index (χ0v) is 10.00. The average molecular weight is 238 g/mol. The Labute approximate surface area is 101 Å². The van der Waals surface area contributed by atoms with E-state index in [0.717, 1.165) is 25.7 Å². The van der Waals surface area contributed by atoms with Crippen molar-refractivity contribution in [3.8, 4) is 0 Å². The maximum absolute atomic E-state index is 11.6. The highest BCUT2D eigenvalue weighted by Gasteiger charge is 2.49. The normalized spacial score (nSPS) is 31.3. The molecule has 0 N–H and O–H groups in total. The van der Waals surface area contributed by atoms with E-state index in [4.69, 9.17) is 9.47 Å². The Kier molecular flexibility index (Phi) is 2.60. The number of hydrogen-bond donors (Lipinski definition) is 0. The smallest absolute Gasteiger partial charge is 0.168 e. The van der Waals surface area contributed by atoms with E-state index in [0.29, 0.717) is 26.1 Å². The summed E-state index contributed by atoms with van der Waals surface area (Å²) in [4.78, 5) is 23.2. The van der Waals surface area contributed by atoms with Gasteiger partial charge in [0, 0.05) is 25.7 Å². The van der Waals surface area contributed by atoms with Crippen molar-refractivity contribution in [1.29, 1.82) is 0 Å². The van der Waals surface area contributed by atoms with Crippen LogP contribution in [0.15, 0.2) is 0 Å². The Bertz CT molecular complexity index is 326. The van der Waals surface area contributed by atoms with Crippen molar-refractivity contribution in [2.24, 2.45) is 5.41 Å². The van der Waals surface area contributed by atoms with Crippen molar-refractivity contribution in [3.05, 3.63) is 0 Å². The van der Waals surface area contributed by atoms with Gasteiger partial charge in [-0.15, -0.1) is 0 Å². The van der Waals surface area contributed by atoms with Gasteiger partial charge in [0.25, 0.3) is 0 Å². The van der Waals surface area contributed by atoms with Crippen LogP contribution in [0.5, 0.6) is 0 Å². The summed E-state index contributed by atoms with van der Waals surface area (Å²) in [6.07, 6.45) is 4.72. The standard InChI is InChI=1S/C13H18O4/c14-10-7-11(15)9-12(8-10)1-3-13(4-2-12)16-5-6-17-13/h1-9H2.